The van der Waals surface area contributed by atoms with Gasteiger partial charge in [-0.3, -0.25) is 9.59 Å². The fourth-order valence-corrected chi connectivity index (χ4v) is 0.996. The van der Waals surface area contributed by atoms with Crippen molar-refractivity contribution in [3.05, 3.63) is 0 Å². The molecule has 0 fully saturated rings. The quantitative estimate of drug-likeness (QED) is 0.453. The van der Waals surface area contributed by atoms with E-state index >= 15 is 0 Å². The maximum Gasteiger partial charge on any atom is 0.319 e. The monoisotopic (exact) mass is 258 g/mol. The number of hydrogen-bond acceptors (Lipinski definition) is 3. The number of alkyl halides is 1. The van der Waals surface area contributed by atoms with Gasteiger partial charge in [-0.15, -0.1) is 0 Å². The summed E-state index contributed by atoms with van der Waals surface area (Å²) in [6.45, 7) is 0. The van der Waals surface area contributed by atoms with Crippen LogP contribution in [0.15, 0.2) is 0 Å². The van der Waals surface area contributed by atoms with Crippen molar-refractivity contribution in [3.63, 3.8) is 0 Å². The molecule has 0 spiro atoms. The molecule has 58 valence electrons. The number of carboxylic acids is 1. The fourth-order valence-electron chi connectivity index (χ4n) is 0.365. The first kappa shape index (κ1) is 9.67. The van der Waals surface area contributed by atoms with Gasteiger partial charge >= 0.3 is 11.9 Å². The van der Waals surface area contributed by atoms with E-state index in [2.05, 4.69) is 4.74 Å². The Bertz CT molecular complexity index is 145. The summed E-state index contributed by atoms with van der Waals surface area (Å²) in [5.41, 5.74) is 0. The number of methoxy groups -OCH3 is 1. The SMILES string of the molecule is COC(=O)C(I)CC(=O)O. The summed E-state index contributed by atoms with van der Waals surface area (Å²) in [5.74, 6) is -1.49. The van der Waals surface area contributed by atoms with Gasteiger partial charge in [-0.1, -0.05) is 22.6 Å². The molecule has 0 aliphatic rings. The molecule has 0 aliphatic carbocycles. The van der Waals surface area contributed by atoms with E-state index in [0.717, 1.165) is 0 Å². The molecule has 0 radical (unpaired) electrons. The fraction of sp³-hybridized carbons (Fsp3) is 0.600. The third kappa shape index (κ3) is 3.65. The predicted octanol–water partition coefficient (Wildman–Crippen LogP) is 0.438. The van der Waals surface area contributed by atoms with Crippen molar-refractivity contribution < 1.29 is 19.4 Å². The number of hydrogen-bond donors (Lipinski definition) is 1. The lowest BCUT2D eigenvalue weighted by atomic mass is 10.3. The van der Waals surface area contributed by atoms with Crippen molar-refractivity contribution in [2.45, 2.75) is 10.3 Å². The highest BCUT2D eigenvalue weighted by atomic mass is 127. The molecule has 0 bridgehead atoms. The van der Waals surface area contributed by atoms with Crippen LogP contribution in [0.5, 0.6) is 0 Å². The number of carboxylic acid groups (broad SMARTS) is 1. The number of carbonyl (C=O) groups is 2. The number of esters is 1. The van der Waals surface area contributed by atoms with Crippen molar-refractivity contribution >= 4 is 34.5 Å². The van der Waals surface area contributed by atoms with Gasteiger partial charge in [0.1, 0.15) is 3.92 Å². The Morgan fingerprint density at radius 1 is 1.70 bits per heavy atom. The molecule has 0 rings (SSSR count). The molecule has 0 aromatic heterocycles. The molecule has 0 amide bonds. The number of rotatable bonds is 3. The highest BCUT2D eigenvalue weighted by molar-refractivity contribution is 14.1. The van der Waals surface area contributed by atoms with Crippen molar-refractivity contribution in [3.8, 4) is 0 Å². The normalized spacial score (nSPS) is 12.2. The van der Waals surface area contributed by atoms with Crippen LogP contribution < -0.4 is 0 Å². The summed E-state index contributed by atoms with van der Waals surface area (Å²) in [7, 11) is 1.23. The van der Waals surface area contributed by atoms with Crippen LogP contribution in [0, 0.1) is 0 Å². The first-order chi connectivity index (χ1) is 4.57. The lowest BCUT2D eigenvalue weighted by molar-refractivity contribution is -0.144. The third-order valence-electron chi connectivity index (χ3n) is 0.811. The maximum absolute atomic E-state index is 10.6. The van der Waals surface area contributed by atoms with E-state index in [9.17, 15) is 9.59 Å². The summed E-state index contributed by atoms with van der Waals surface area (Å²) in [4.78, 5) is 20.6. The first-order valence-electron chi connectivity index (χ1n) is 2.51. The molecule has 0 saturated carbocycles. The molecule has 4 nitrogen and oxygen atoms in total. The standard InChI is InChI=1S/C5H7IO4/c1-10-5(9)3(6)2-4(7)8/h3H,2H2,1H3,(H,7,8). The Kier molecular flexibility index (Phi) is 4.33. The van der Waals surface area contributed by atoms with E-state index in [1.54, 1.807) is 22.6 Å². The van der Waals surface area contributed by atoms with Gasteiger partial charge < -0.3 is 9.84 Å². The van der Waals surface area contributed by atoms with Crippen molar-refractivity contribution in [1.29, 1.82) is 0 Å². The molecule has 0 heterocycles. The van der Waals surface area contributed by atoms with Gasteiger partial charge in [0.25, 0.3) is 0 Å². The summed E-state index contributed by atoms with van der Waals surface area (Å²) in [6.07, 6.45) is -0.187. The van der Waals surface area contributed by atoms with Crippen LogP contribution in [0.2, 0.25) is 0 Å². The average Bonchev–Trinajstić information content (AvgIpc) is 1.85. The van der Waals surface area contributed by atoms with E-state index in [1.807, 2.05) is 0 Å². The van der Waals surface area contributed by atoms with Gasteiger partial charge in [-0.25, -0.2) is 0 Å². The molecule has 1 N–H and O–H groups in total. The van der Waals surface area contributed by atoms with Crippen molar-refractivity contribution in [2.75, 3.05) is 7.11 Å². The lowest BCUT2D eigenvalue weighted by Crippen LogP contribution is -2.18. The van der Waals surface area contributed by atoms with E-state index in [-0.39, 0.29) is 6.42 Å². The minimum Gasteiger partial charge on any atom is -0.481 e. The second kappa shape index (κ2) is 4.48. The van der Waals surface area contributed by atoms with Crippen LogP contribution in [-0.2, 0) is 14.3 Å². The highest BCUT2D eigenvalue weighted by Crippen LogP contribution is 2.06. The highest BCUT2D eigenvalue weighted by Gasteiger charge is 2.17. The lowest BCUT2D eigenvalue weighted by Gasteiger charge is -2.02. The van der Waals surface area contributed by atoms with E-state index < -0.39 is 15.9 Å². The Morgan fingerprint density at radius 3 is 2.50 bits per heavy atom. The van der Waals surface area contributed by atoms with Crippen LogP contribution in [0.4, 0.5) is 0 Å². The third-order valence-corrected chi connectivity index (χ3v) is 1.76. The molecule has 0 aromatic carbocycles. The summed E-state index contributed by atoms with van der Waals surface area (Å²) in [5, 5.41) is 8.22. The molecule has 0 aliphatic heterocycles. The van der Waals surface area contributed by atoms with E-state index in [4.69, 9.17) is 5.11 Å². The van der Waals surface area contributed by atoms with Gasteiger partial charge in [0.15, 0.2) is 0 Å². The molecule has 1 atom stereocenters. The van der Waals surface area contributed by atoms with Gasteiger partial charge in [0.05, 0.1) is 13.5 Å². The molecule has 5 heteroatoms. The van der Waals surface area contributed by atoms with Gasteiger partial charge in [0.2, 0.25) is 0 Å². The predicted molar refractivity (Wildman–Crippen MR) is 42.1 cm³/mol. The maximum atomic E-state index is 10.6. The largest absolute Gasteiger partial charge is 0.481 e. The molecule has 1 unspecified atom stereocenters. The number of aliphatic carboxylic acids is 1. The zero-order valence-electron chi connectivity index (χ0n) is 5.33. The molecule has 10 heavy (non-hydrogen) atoms. The number of halogens is 1. The van der Waals surface area contributed by atoms with Gasteiger partial charge in [-0.05, 0) is 0 Å². The second-order valence-electron chi connectivity index (χ2n) is 1.59. The van der Waals surface area contributed by atoms with Crippen LogP contribution in [0.3, 0.4) is 0 Å². The van der Waals surface area contributed by atoms with Crippen LogP contribution in [0.1, 0.15) is 6.42 Å². The molecular formula is C5H7IO4. The van der Waals surface area contributed by atoms with E-state index in [0.29, 0.717) is 0 Å². The van der Waals surface area contributed by atoms with Gasteiger partial charge in [-0.2, -0.15) is 0 Å². The second-order valence-corrected chi connectivity index (χ2v) is 3.09. The smallest absolute Gasteiger partial charge is 0.319 e. The first-order valence-corrected chi connectivity index (χ1v) is 3.76. The van der Waals surface area contributed by atoms with Crippen LogP contribution in [-0.4, -0.2) is 28.1 Å². The van der Waals surface area contributed by atoms with E-state index in [1.165, 1.54) is 7.11 Å². The van der Waals surface area contributed by atoms with Crippen molar-refractivity contribution in [2.24, 2.45) is 0 Å². The number of ether oxygens (including phenoxy) is 1. The Balaban J connectivity index is 3.72. The average molecular weight is 258 g/mol. The summed E-state index contributed by atoms with van der Waals surface area (Å²) in [6, 6.07) is 0. The topological polar surface area (TPSA) is 63.6 Å². The zero-order valence-corrected chi connectivity index (χ0v) is 7.49. The Labute approximate surface area is 71.7 Å². The summed E-state index contributed by atoms with van der Waals surface area (Å²) < 4.78 is 3.72. The molecule has 0 aromatic rings. The Morgan fingerprint density at radius 2 is 2.20 bits per heavy atom. The summed E-state index contributed by atoms with van der Waals surface area (Å²) >= 11 is 1.73. The Hall–Kier alpha value is -0.330. The van der Waals surface area contributed by atoms with Crippen molar-refractivity contribution in [1.82, 2.24) is 0 Å². The van der Waals surface area contributed by atoms with Gasteiger partial charge in [0, 0.05) is 0 Å². The molecule has 0 saturated heterocycles. The number of carbonyl (C=O) groups excluding carboxylic acids is 1. The minimum absolute atomic E-state index is 0.187. The minimum atomic E-state index is -0.996. The van der Waals surface area contributed by atoms with Crippen LogP contribution in [0.25, 0.3) is 0 Å². The molecular weight excluding hydrogens is 251 g/mol. The zero-order chi connectivity index (χ0) is 8.15. The van der Waals surface area contributed by atoms with Crippen LogP contribution >= 0.6 is 22.6 Å².